The van der Waals surface area contributed by atoms with Crippen molar-refractivity contribution in [3.63, 3.8) is 0 Å². The van der Waals surface area contributed by atoms with Crippen molar-refractivity contribution in [1.29, 1.82) is 0 Å². The molecular weight excluding hydrogens is 302 g/mol. The van der Waals surface area contributed by atoms with E-state index in [9.17, 15) is 15.0 Å². The predicted molar refractivity (Wildman–Crippen MR) is 86.6 cm³/mol. The first-order chi connectivity index (χ1) is 10.6. The van der Waals surface area contributed by atoms with Gasteiger partial charge in [-0.1, -0.05) is 41.9 Å². The van der Waals surface area contributed by atoms with E-state index in [1.807, 2.05) is 0 Å². The Hall–Kier alpha value is -2.30. The highest BCUT2D eigenvalue weighted by Gasteiger charge is 2.11. The second kappa shape index (κ2) is 7.64. The van der Waals surface area contributed by atoms with Crippen molar-refractivity contribution in [2.24, 2.45) is 0 Å². The largest absolute Gasteiger partial charge is 0.508 e. The van der Waals surface area contributed by atoms with E-state index in [2.05, 4.69) is 5.32 Å². The summed E-state index contributed by atoms with van der Waals surface area (Å²) in [6.45, 7) is 0.0624. The van der Waals surface area contributed by atoms with Crippen LogP contribution in [0.4, 0.5) is 0 Å². The Morgan fingerprint density at radius 3 is 2.73 bits per heavy atom. The minimum atomic E-state index is -0.869. The molecule has 0 heterocycles. The maximum atomic E-state index is 11.7. The number of benzene rings is 2. The average molecular weight is 318 g/mol. The molecular formula is C17H16ClNO3. The molecule has 2 rings (SSSR count). The molecule has 0 radical (unpaired) electrons. The lowest BCUT2D eigenvalue weighted by molar-refractivity contribution is -0.116. The number of hydrogen-bond donors (Lipinski definition) is 3. The standard InChI is InChI=1S/C17H16ClNO3/c18-15-7-2-1-6-14(15)16(21)11-19-17(22)9-8-12-4-3-5-13(20)10-12/h1-10,16,20-21H,11H2,(H,19,22). The average Bonchev–Trinajstić information content (AvgIpc) is 2.51. The summed E-state index contributed by atoms with van der Waals surface area (Å²) in [4.78, 5) is 11.7. The molecule has 0 spiro atoms. The van der Waals surface area contributed by atoms with E-state index in [0.717, 1.165) is 0 Å². The second-order valence-corrected chi connectivity index (χ2v) is 5.12. The smallest absolute Gasteiger partial charge is 0.244 e. The Morgan fingerprint density at radius 2 is 2.00 bits per heavy atom. The van der Waals surface area contributed by atoms with Crippen LogP contribution in [0.25, 0.3) is 6.08 Å². The topological polar surface area (TPSA) is 69.6 Å². The molecule has 2 aromatic carbocycles. The number of aliphatic hydroxyl groups excluding tert-OH is 1. The molecule has 0 aromatic heterocycles. The zero-order valence-electron chi connectivity index (χ0n) is 11.7. The molecule has 0 aliphatic carbocycles. The summed E-state index contributed by atoms with van der Waals surface area (Å²) in [5.74, 6) is -0.203. The molecule has 5 heteroatoms. The van der Waals surface area contributed by atoms with Crippen LogP contribution < -0.4 is 5.32 Å². The molecule has 1 unspecified atom stereocenters. The van der Waals surface area contributed by atoms with Gasteiger partial charge in [-0.3, -0.25) is 4.79 Å². The molecule has 114 valence electrons. The maximum Gasteiger partial charge on any atom is 0.244 e. The monoisotopic (exact) mass is 317 g/mol. The summed E-state index contributed by atoms with van der Waals surface area (Å²) >= 11 is 5.98. The van der Waals surface area contributed by atoms with Crippen molar-refractivity contribution in [3.8, 4) is 5.75 Å². The van der Waals surface area contributed by atoms with Gasteiger partial charge >= 0.3 is 0 Å². The molecule has 4 nitrogen and oxygen atoms in total. The van der Waals surface area contributed by atoms with Gasteiger partial charge in [0.25, 0.3) is 0 Å². The van der Waals surface area contributed by atoms with Crippen LogP contribution >= 0.6 is 11.6 Å². The maximum absolute atomic E-state index is 11.7. The minimum Gasteiger partial charge on any atom is -0.508 e. The normalized spacial score (nSPS) is 12.3. The second-order valence-electron chi connectivity index (χ2n) is 4.71. The van der Waals surface area contributed by atoms with E-state index in [-0.39, 0.29) is 18.2 Å². The summed E-state index contributed by atoms with van der Waals surface area (Å²) in [6.07, 6.45) is 2.05. The molecule has 22 heavy (non-hydrogen) atoms. The van der Waals surface area contributed by atoms with Crippen molar-refractivity contribution >= 4 is 23.6 Å². The van der Waals surface area contributed by atoms with Gasteiger partial charge in [-0.05, 0) is 29.8 Å². The van der Waals surface area contributed by atoms with Crippen LogP contribution in [0.5, 0.6) is 5.75 Å². The van der Waals surface area contributed by atoms with Gasteiger partial charge in [-0.25, -0.2) is 0 Å². The summed E-state index contributed by atoms with van der Waals surface area (Å²) in [7, 11) is 0. The zero-order chi connectivity index (χ0) is 15.9. The first kappa shape index (κ1) is 16.1. The summed E-state index contributed by atoms with van der Waals surface area (Å²) in [5.41, 5.74) is 1.28. The van der Waals surface area contributed by atoms with E-state index in [4.69, 9.17) is 11.6 Å². The number of rotatable bonds is 5. The molecule has 0 saturated carbocycles. The van der Waals surface area contributed by atoms with Gasteiger partial charge in [-0.15, -0.1) is 0 Å². The number of carbonyl (C=O) groups is 1. The predicted octanol–water partition coefficient (Wildman–Crippen LogP) is 2.91. The fourth-order valence-corrected chi connectivity index (χ4v) is 2.17. The van der Waals surface area contributed by atoms with E-state index < -0.39 is 6.10 Å². The van der Waals surface area contributed by atoms with Gasteiger partial charge in [0.2, 0.25) is 5.91 Å². The lowest BCUT2D eigenvalue weighted by atomic mass is 10.1. The van der Waals surface area contributed by atoms with E-state index in [0.29, 0.717) is 16.1 Å². The number of aliphatic hydroxyl groups is 1. The molecule has 0 aliphatic heterocycles. The Labute approximate surface area is 133 Å². The van der Waals surface area contributed by atoms with Gasteiger partial charge in [-0.2, -0.15) is 0 Å². The molecule has 0 fully saturated rings. The van der Waals surface area contributed by atoms with E-state index >= 15 is 0 Å². The highest BCUT2D eigenvalue weighted by Crippen LogP contribution is 2.21. The van der Waals surface area contributed by atoms with Crippen molar-refractivity contribution in [3.05, 3.63) is 70.8 Å². The molecule has 0 aliphatic rings. The van der Waals surface area contributed by atoms with Gasteiger partial charge in [0, 0.05) is 23.2 Å². The lowest BCUT2D eigenvalue weighted by Crippen LogP contribution is -2.26. The van der Waals surface area contributed by atoms with Gasteiger partial charge < -0.3 is 15.5 Å². The number of halogens is 1. The van der Waals surface area contributed by atoms with Gasteiger partial charge in [0.1, 0.15) is 5.75 Å². The van der Waals surface area contributed by atoms with Crippen LogP contribution in [0.2, 0.25) is 5.02 Å². The zero-order valence-corrected chi connectivity index (χ0v) is 12.5. The lowest BCUT2D eigenvalue weighted by Gasteiger charge is -2.12. The van der Waals surface area contributed by atoms with Crippen molar-refractivity contribution < 1.29 is 15.0 Å². The van der Waals surface area contributed by atoms with Crippen molar-refractivity contribution in [1.82, 2.24) is 5.32 Å². The van der Waals surface area contributed by atoms with Crippen LogP contribution in [-0.2, 0) is 4.79 Å². The van der Waals surface area contributed by atoms with Gasteiger partial charge in [0.05, 0.1) is 6.10 Å². The Balaban J connectivity index is 1.89. The first-order valence-electron chi connectivity index (χ1n) is 6.73. The highest BCUT2D eigenvalue weighted by atomic mass is 35.5. The third-order valence-electron chi connectivity index (χ3n) is 3.03. The third-order valence-corrected chi connectivity index (χ3v) is 3.38. The van der Waals surface area contributed by atoms with Crippen LogP contribution in [0.3, 0.4) is 0 Å². The molecule has 1 amide bonds. The Bertz CT molecular complexity index is 685. The molecule has 2 aromatic rings. The van der Waals surface area contributed by atoms with Gasteiger partial charge in [0.15, 0.2) is 0 Å². The summed E-state index contributed by atoms with van der Waals surface area (Å²) in [5, 5.41) is 22.4. The number of aromatic hydroxyl groups is 1. The highest BCUT2D eigenvalue weighted by molar-refractivity contribution is 6.31. The number of phenolic OH excluding ortho intramolecular Hbond substituents is 1. The molecule has 3 N–H and O–H groups in total. The molecule has 1 atom stereocenters. The number of amides is 1. The SMILES string of the molecule is O=C(C=Cc1cccc(O)c1)NCC(O)c1ccccc1Cl. The fourth-order valence-electron chi connectivity index (χ4n) is 1.91. The summed E-state index contributed by atoms with van der Waals surface area (Å²) < 4.78 is 0. The Kier molecular flexibility index (Phi) is 5.58. The number of hydrogen-bond acceptors (Lipinski definition) is 3. The Morgan fingerprint density at radius 1 is 1.23 bits per heavy atom. The van der Waals surface area contributed by atoms with Crippen LogP contribution in [0, 0.1) is 0 Å². The summed E-state index contributed by atoms with van der Waals surface area (Å²) in [6, 6.07) is 13.5. The number of phenols is 1. The van der Waals surface area contributed by atoms with Crippen molar-refractivity contribution in [2.75, 3.05) is 6.54 Å². The fraction of sp³-hybridized carbons (Fsp3) is 0.118. The molecule has 0 saturated heterocycles. The number of carbonyl (C=O) groups excluding carboxylic acids is 1. The third kappa shape index (κ3) is 4.62. The minimum absolute atomic E-state index is 0.0624. The first-order valence-corrected chi connectivity index (χ1v) is 7.11. The quantitative estimate of drug-likeness (QED) is 0.743. The van der Waals surface area contributed by atoms with Crippen LogP contribution in [-0.4, -0.2) is 22.7 Å². The van der Waals surface area contributed by atoms with Crippen molar-refractivity contribution in [2.45, 2.75) is 6.10 Å². The van der Waals surface area contributed by atoms with Crippen LogP contribution in [0.1, 0.15) is 17.2 Å². The molecule has 0 bridgehead atoms. The number of nitrogens with one attached hydrogen (secondary N) is 1. The van der Waals surface area contributed by atoms with E-state index in [1.165, 1.54) is 6.08 Å². The van der Waals surface area contributed by atoms with Crippen LogP contribution in [0.15, 0.2) is 54.6 Å². The van der Waals surface area contributed by atoms with E-state index in [1.54, 1.807) is 54.6 Å².